The highest BCUT2D eigenvalue weighted by molar-refractivity contribution is 5.76. The molecule has 7 heteroatoms. The number of aromatic nitrogens is 2. The molecule has 0 aliphatic carbocycles. The summed E-state index contributed by atoms with van der Waals surface area (Å²) in [4.78, 5) is 16.3. The van der Waals surface area contributed by atoms with E-state index in [1.807, 2.05) is 30.3 Å². The first-order valence-corrected chi connectivity index (χ1v) is 8.15. The van der Waals surface area contributed by atoms with E-state index in [4.69, 9.17) is 4.52 Å². The first-order valence-electron chi connectivity index (χ1n) is 8.15. The predicted octanol–water partition coefficient (Wildman–Crippen LogP) is 3.82. The number of hydrogen-bond acceptors (Lipinski definition) is 4. The van der Waals surface area contributed by atoms with E-state index in [-0.39, 0.29) is 24.3 Å². The van der Waals surface area contributed by atoms with Crippen molar-refractivity contribution in [1.82, 2.24) is 15.5 Å². The van der Waals surface area contributed by atoms with Gasteiger partial charge in [0.25, 0.3) is 0 Å². The molecule has 134 valence electrons. The number of benzene rings is 2. The molecule has 1 N–H and O–H groups in total. The van der Waals surface area contributed by atoms with E-state index in [2.05, 4.69) is 15.5 Å². The number of carbonyl (C=O) groups excluding carboxylic acids is 1. The van der Waals surface area contributed by atoms with Gasteiger partial charge in [0, 0.05) is 30.0 Å². The fourth-order valence-corrected chi connectivity index (χ4v) is 2.53. The lowest BCUT2D eigenvalue weighted by Crippen LogP contribution is -2.27. The Hall–Kier alpha value is -3.09. The summed E-state index contributed by atoms with van der Waals surface area (Å²) in [7, 11) is 0. The van der Waals surface area contributed by atoms with Gasteiger partial charge in [-0.05, 0) is 13.0 Å². The maximum absolute atomic E-state index is 13.7. The van der Waals surface area contributed by atoms with Gasteiger partial charge >= 0.3 is 0 Å². The largest absolute Gasteiger partial charge is 0.349 e. The van der Waals surface area contributed by atoms with Crippen molar-refractivity contribution in [1.29, 1.82) is 0 Å². The fraction of sp³-hybridized carbons (Fsp3) is 0.211. The van der Waals surface area contributed by atoms with Crippen LogP contribution in [0.3, 0.4) is 0 Å². The summed E-state index contributed by atoms with van der Waals surface area (Å²) in [6.45, 7) is 1.63. The van der Waals surface area contributed by atoms with Gasteiger partial charge in [0.2, 0.25) is 17.6 Å². The van der Waals surface area contributed by atoms with E-state index < -0.39 is 17.7 Å². The molecule has 0 saturated carbocycles. The highest BCUT2D eigenvalue weighted by atomic mass is 19.1. The third kappa shape index (κ3) is 4.30. The molecule has 1 atom stereocenters. The Morgan fingerprint density at radius 3 is 2.69 bits per heavy atom. The first kappa shape index (κ1) is 17.7. The van der Waals surface area contributed by atoms with Crippen molar-refractivity contribution < 1.29 is 18.1 Å². The minimum absolute atomic E-state index is 0.115. The molecule has 0 fully saturated rings. The molecule has 2 aromatic carbocycles. The van der Waals surface area contributed by atoms with Gasteiger partial charge in [-0.2, -0.15) is 4.98 Å². The lowest BCUT2D eigenvalue weighted by molar-refractivity contribution is -0.121. The van der Waals surface area contributed by atoms with Crippen molar-refractivity contribution in [3.05, 3.63) is 71.6 Å². The van der Waals surface area contributed by atoms with Gasteiger partial charge in [0.05, 0.1) is 6.04 Å². The van der Waals surface area contributed by atoms with Gasteiger partial charge in [-0.15, -0.1) is 0 Å². The van der Waals surface area contributed by atoms with Gasteiger partial charge in [0.1, 0.15) is 11.6 Å². The summed E-state index contributed by atoms with van der Waals surface area (Å²) < 4.78 is 31.8. The third-order valence-corrected chi connectivity index (χ3v) is 3.87. The zero-order valence-corrected chi connectivity index (χ0v) is 14.1. The number of hydrogen-bond donors (Lipinski definition) is 1. The van der Waals surface area contributed by atoms with Crippen LogP contribution in [0.15, 0.2) is 53.1 Å². The number of carbonyl (C=O) groups is 1. The SMILES string of the molecule is C[C@H](NC(=O)CCc1nc(-c2ccccc2)no1)c1ccc(F)cc1F. The average molecular weight is 357 g/mol. The molecule has 0 aliphatic heterocycles. The molecule has 26 heavy (non-hydrogen) atoms. The van der Waals surface area contributed by atoms with Crippen LogP contribution < -0.4 is 5.32 Å². The summed E-state index contributed by atoms with van der Waals surface area (Å²) in [5, 5.41) is 6.56. The molecular weight excluding hydrogens is 340 g/mol. The molecule has 0 aliphatic rings. The maximum Gasteiger partial charge on any atom is 0.227 e. The van der Waals surface area contributed by atoms with Crippen LogP contribution in [0.1, 0.15) is 30.8 Å². The van der Waals surface area contributed by atoms with Crippen molar-refractivity contribution in [2.75, 3.05) is 0 Å². The molecule has 0 saturated heterocycles. The van der Waals surface area contributed by atoms with E-state index in [0.29, 0.717) is 11.7 Å². The molecule has 3 aromatic rings. The van der Waals surface area contributed by atoms with Gasteiger partial charge in [-0.1, -0.05) is 41.6 Å². The number of nitrogens with one attached hydrogen (secondary N) is 1. The molecule has 5 nitrogen and oxygen atoms in total. The summed E-state index contributed by atoms with van der Waals surface area (Å²) in [6, 6.07) is 12.0. The fourth-order valence-electron chi connectivity index (χ4n) is 2.53. The standard InChI is InChI=1S/C19H17F2N3O2/c1-12(15-8-7-14(20)11-16(15)21)22-17(25)9-10-18-23-19(24-26-18)13-5-3-2-4-6-13/h2-8,11-12H,9-10H2,1H3,(H,22,25)/t12-/m0/s1. The zero-order chi connectivity index (χ0) is 18.5. The second-order valence-electron chi connectivity index (χ2n) is 5.83. The summed E-state index contributed by atoms with van der Waals surface area (Å²) in [5.41, 5.74) is 1.05. The molecule has 1 amide bonds. The van der Waals surface area contributed by atoms with Crippen molar-refractivity contribution in [2.45, 2.75) is 25.8 Å². The minimum Gasteiger partial charge on any atom is -0.349 e. The Labute approximate surface area is 149 Å². The third-order valence-electron chi connectivity index (χ3n) is 3.87. The second kappa shape index (κ2) is 7.86. The zero-order valence-electron chi connectivity index (χ0n) is 14.1. The first-order chi connectivity index (χ1) is 12.5. The number of halogens is 2. The predicted molar refractivity (Wildman–Crippen MR) is 91.0 cm³/mol. The lowest BCUT2D eigenvalue weighted by atomic mass is 10.1. The Bertz CT molecular complexity index is 897. The molecule has 1 heterocycles. The normalized spacial score (nSPS) is 12.0. The van der Waals surface area contributed by atoms with Crippen LogP contribution in [0.5, 0.6) is 0 Å². The van der Waals surface area contributed by atoms with E-state index in [9.17, 15) is 13.6 Å². The van der Waals surface area contributed by atoms with Crippen molar-refractivity contribution in [2.24, 2.45) is 0 Å². The van der Waals surface area contributed by atoms with Crippen molar-refractivity contribution >= 4 is 5.91 Å². The number of aryl methyl sites for hydroxylation is 1. The van der Waals surface area contributed by atoms with Crippen LogP contribution in [0.2, 0.25) is 0 Å². The number of rotatable bonds is 6. The molecule has 0 radical (unpaired) electrons. The van der Waals surface area contributed by atoms with Crippen LogP contribution >= 0.6 is 0 Å². The summed E-state index contributed by atoms with van der Waals surface area (Å²) >= 11 is 0. The number of nitrogens with zero attached hydrogens (tertiary/aromatic N) is 2. The smallest absolute Gasteiger partial charge is 0.227 e. The molecule has 0 bridgehead atoms. The second-order valence-corrected chi connectivity index (χ2v) is 5.83. The van der Waals surface area contributed by atoms with Crippen LogP contribution in [0.4, 0.5) is 8.78 Å². The highest BCUT2D eigenvalue weighted by Crippen LogP contribution is 2.18. The van der Waals surface area contributed by atoms with Gasteiger partial charge in [-0.3, -0.25) is 4.79 Å². The Morgan fingerprint density at radius 2 is 1.96 bits per heavy atom. The van der Waals surface area contributed by atoms with Crippen molar-refractivity contribution in [3.8, 4) is 11.4 Å². The van der Waals surface area contributed by atoms with E-state index in [1.54, 1.807) is 6.92 Å². The quantitative estimate of drug-likeness (QED) is 0.728. The molecular formula is C19H17F2N3O2. The molecule has 1 aromatic heterocycles. The number of amides is 1. The van der Waals surface area contributed by atoms with E-state index in [1.165, 1.54) is 6.07 Å². The van der Waals surface area contributed by atoms with E-state index in [0.717, 1.165) is 17.7 Å². The Morgan fingerprint density at radius 1 is 1.19 bits per heavy atom. The lowest BCUT2D eigenvalue weighted by Gasteiger charge is -2.14. The monoisotopic (exact) mass is 357 g/mol. The topological polar surface area (TPSA) is 68.0 Å². The molecule has 0 spiro atoms. The van der Waals surface area contributed by atoms with Crippen LogP contribution in [0.25, 0.3) is 11.4 Å². The highest BCUT2D eigenvalue weighted by Gasteiger charge is 2.15. The Kier molecular flexibility index (Phi) is 5.36. The van der Waals surface area contributed by atoms with Crippen LogP contribution in [0, 0.1) is 11.6 Å². The summed E-state index contributed by atoms with van der Waals surface area (Å²) in [6.07, 6.45) is 0.383. The Balaban J connectivity index is 1.55. The van der Waals surface area contributed by atoms with Crippen LogP contribution in [-0.4, -0.2) is 16.0 Å². The summed E-state index contributed by atoms with van der Waals surface area (Å²) in [5.74, 6) is -0.833. The van der Waals surface area contributed by atoms with Gasteiger partial charge < -0.3 is 9.84 Å². The van der Waals surface area contributed by atoms with Crippen LogP contribution in [-0.2, 0) is 11.2 Å². The molecule has 3 rings (SSSR count). The maximum atomic E-state index is 13.7. The average Bonchev–Trinajstić information content (AvgIpc) is 3.09. The molecule has 0 unspecified atom stereocenters. The van der Waals surface area contributed by atoms with Gasteiger partial charge in [-0.25, -0.2) is 8.78 Å². The van der Waals surface area contributed by atoms with Crippen molar-refractivity contribution in [3.63, 3.8) is 0 Å². The van der Waals surface area contributed by atoms with E-state index >= 15 is 0 Å². The minimum atomic E-state index is -0.692. The van der Waals surface area contributed by atoms with Gasteiger partial charge in [0.15, 0.2) is 0 Å².